The minimum Gasteiger partial charge on any atom is -0.490 e. The Morgan fingerprint density at radius 1 is 1.21 bits per heavy atom. The van der Waals surface area contributed by atoms with Crippen molar-refractivity contribution < 1.29 is 13.5 Å². The van der Waals surface area contributed by atoms with Crippen LogP contribution in [0.25, 0.3) is 10.8 Å². The lowest BCUT2D eigenvalue weighted by molar-refractivity contribution is -0.118. The van der Waals surface area contributed by atoms with Gasteiger partial charge in [-0.2, -0.15) is 13.9 Å². The number of hydrogen-bond acceptors (Lipinski definition) is 5. The van der Waals surface area contributed by atoms with Gasteiger partial charge in [0, 0.05) is 30.1 Å². The molecule has 0 bridgehead atoms. The van der Waals surface area contributed by atoms with Gasteiger partial charge in [-0.25, -0.2) is 5.10 Å². The van der Waals surface area contributed by atoms with Gasteiger partial charge in [-0.3, -0.25) is 14.2 Å². The van der Waals surface area contributed by atoms with Crippen molar-refractivity contribution in [3.63, 3.8) is 0 Å². The summed E-state index contributed by atoms with van der Waals surface area (Å²) in [5, 5.41) is 6.93. The van der Waals surface area contributed by atoms with Crippen LogP contribution in [0.1, 0.15) is 31.4 Å². The number of ether oxygens (including phenoxy) is 1. The highest BCUT2D eigenvalue weighted by molar-refractivity contribution is 6.35. The molecule has 1 spiro atoms. The fourth-order valence-electron chi connectivity index (χ4n) is 5.14. The molecule has 0 unspecified atom stereocenters. The van der Waals surface area contributed by atoms with Gasteiger partial charge < -0.3 is 9.64 Å². The number of aromatic nitrogens is 3. The highest BCUT2D eigenvalue weighted by atomic mass is 35.5. The SMILES string of the molecule is O=c1[nH]ncc(CCCN2CC3(CC(Oc4ccc(Cl)c5c(=O)n(C(F)F)ccc45)C3)C2)c1Cl. The van der Waals surface area contributed by atoms with Gasteiger partial charge in [0.15, 0.2) is 0 Å². The number of alkyl halides is 2. The molecule has 1 aliphatic heterocycles. The third kappa shape index (κ3) is 4.21. The number of nitrogens with zero attached hydrogens (tertiary/aromatic N) is 3. The van der Waals surface area contributed by atoms with Crippen molar-refractivity contribution >= 4 is 34.0 Å². The van der Waals surface area contributed by atoms with Gasteiger partial charge in [-0.15, -0.1) is 0 Å². The molecule has 7 nitrogen and oxygen atoms in total. The van der Waals surface area contributed by atoms with E-state index < -0.39 is 12.1 Å². The predicted molar refractivity (Wildman–Crippen MR) is 125 cm³/mol. The average molecular weight is 511 g/mol. The molecule has 2 fully saturated rings. The maximum Gasteiger partial charge on any atom is 0.321 e. The zero-order valence-corrected chi connectivity index (χ0v) is 19.6. The first-order chi connectivity index (χ1) is 16.3. The Bertz CT molecular complexity index is 1350. The van der Waals surface area contributed by atoms with Crippen LogP contribution in [0, 0.1) is 5.41 Å². The number of pyridine rings is 1. The number of likely N-dealkylation sites (tertiary alicyclic amines) is 1. The van der Waals surface area contributed by atoms with E-state index in [0.717, 1.165) is 50.7 Å². The average Bonchev–Trinajstić information content (AvgIpc) is 2.74. The van der Waals surface area contributed by atoms with Crippen LogP contribution >= 0.6 is 23.2 Å². The summed E-state index contributed by atoms with van der Waals surface area (Å²) in [5.41, 5.74) is -0.206. The van der Waals surface area contributed by atoms with E-state index in [-0.39, 0.29) is 32.5 Å². The number of aromatic amines is 1. The molecule has 1 aromatic carbocycles. The third-order valence-electron chi connectivity index (χ3n) is 6.74. The summed E-state index contributed by atoms with van der Waals surface area (Å²) in [7, 11) is 0. The molecule has 11 heteroatoms. The summed E-state index contributed by atoms with van der Waals surface area (Å²) in [6.07, 6.45) is 6.04. The summed E-state index contributed by atoms with van der Waals surface area (Å²) >= 11 is 12.2. The summed E-state index contributed by atoms with van der Waals surface area (Å²) in [5.74, 6) is 0.484. The van der Waals surface area contributed by atoms with Crippen molar-refractivity contribution in [3.8, 4) is 5.75 Å². The molecular weight excluding hydrogens is 489 g/mol. The van der Waals surface area contributed by atoms with E-state index in [1.54, 1.807) is 12.3 Å². The minimum absolute atomic E-state index is 0.00461. The molecule has 1 saturated heterocycles. The molecule has 1 saturated carbocycles. The van der Waals surface area contributed by atoms with Crippen molar-refractivity contribution in [2.45, 2.75) is 38.3 Å². The summed E-state index contributed by atoms with van der Waals surface area (Å²) in [4.78, 5) is 26.3. The Labute approximate surface area is 203 Å². The Balaban J connectivity index is 1.15. The Hall–Kier alpha value is -2.49. The van der Waals surface area contributed by atoms with Gasteiger partial charge in [0.1, 0.15) is 10.8 Å². The maximum atomic E-state index is 13.1. The van der Waals surface area contributed by atoms with Crippen LogP contribution in [0.3, 0.4) is 0 Å². The number of hydrogen-bond donors (Lipinski definition) is 1. The molecule has 180 valence electrons. The highest BCUT2D eigenvalue weighted by Crippen LogP contribution is 2.50. The lowest BCUT2D eigenvalue weighted by Gasteiger charge is -2.58. The van der Waals surface area contributed by atoms with E-state index in [1.165, 1.54) is 12.1 Å². The standard InChI is InChI=1S/C23H22Cl2F2N4O3/c24-16-3-4-17(15-5-7-31(22(26)27)21(33)18(15)16)34-14-8-23(9-14)11-30(12-23)6-1-2-13-10-28-29-20(32)19(13)25/h3-5,7,10,14,22H,1-2,6,8-9,11-12H2,(H,29,32). The van der Waals surface area contributed by atoms with Crippen molar-refractivity contribution in [2.24, 2.45) is 5.41 Å². The summed E-state index contributed by atoms with van der Waals surface area (Å²) in [6, 6.07) is 4.65. The van der Waals surface area contributed by atoms with E-state index in [4.69, 9.17) is 27.9 Å². The Kier molecular flexibility index (Phi) is 6.12. The van der Waals surface area contributed by atoms with Gasteiger partial charge in [0.05, 0.1) is 22.7 Å². The normalized spacial score (nSPS) is 17.8. The van der Waals surface area contributed by atoms with Crippen molar-refractivity contribution in [2.75, 3.05) is 19.6 Å². The molecule has 3 heterocycles. The molecule has 1 N–H and O–H groups in total. The van der Waals surface area contributed by atoms with Crippen LogP contribution in [0.4, 0.5) is 8.78 Å². The number of benzene rings is 1. The molecule has 34 heavy (non-hydrogen) atoms. The zero-order chi connectivity index (χ0) is 24.0. The van der Waals surface area contributed by atoms with E-state index in [1.807, 2.05) is 0 Å². The smallest absolute Gasteiger partial charge is 0.321 e. The van der Waals surface area contributed by atoms with Crippen LogP contribution in [-0.2, 0) is 6.42 Å². The second kappa shape index (κ2) is 8.94. The lowest BCUT2D eigenvalue weighted by Crippen LogP contribution is -2.64. The molecule has 1 aliphatic carbocycles. The second-order valence-corrected chi connectivity index (χ2v) is 9.93. The molecule has 3 aromatic rings. The van der Waals surface area contributed by atoms with E-state index in [9.17, 15) is 18.4 Å². The predicted octanol–water partition coefficient (Wildman–Crippen LogP) is 4.26. The zero-order valence-electron chi connectivity index (χ0n) is 18.1. The topological polar surface area (TPSA) is 80.2 Å². The molecule has 5 rings (SSSR count). The largest absolute Gasteiger partial charge is 0.490 e. The van der Waals surface area contributed by atoms with Crippen LogP contribution in [0.5, 0.6) is 5.75 Å². The first-order valence-electron chi connectivity index (χ1n) is 11.0. The van der Waals surface area contributed by atoms with Gasteiger partial charge in [0.25, 0.3) is 11.1 Å². The van der Waals surface area contributed by atoms with Gasteiger partial charge >= 0.3 is 6.55 Å². The van der Waals surface area contributed by atoms with Gasteiger partial charge in [-0.05, 0) is 56.0 Å². The van der Waals surface area contributed by atoms with Crippen LogP contribution in [-0.4, -0.2) is 45.4 Å². The number of rotatable bonds is 7. The Morgan fingerprint density at radius 3 is 2.71 bits per heavy atom. The number of aryl methyl sites for hydroxylation is 1. The van der Waals surface area contributed by atoms with Crippen LogP contribution in [0.15, 0.2) is 40.2 Å². The summed E-state index contributed by atoms with van der Waals surface area (Å²) in [6.45, 7) is -0.0625. The maximum absolute atomic E-state index is 13.1. The van der Waals surface area contributed by atoms with Crippen molar-refractivity contribution in [1.82, 2.24) is 19.7 Å². The van der Waals surface area contributed by atoms with E-state index >= 15 is 0 Å². The number of nitrogens with one attached hydrogen (secondary N) is 1. The lowest BCUT2D eigenvalue weighted by atomic mass is 9.61. The minimum atomic E-state index is -2.94. The number of H-pyrrole nitrogens is 1. The monoisotopic (exact) mass is 510 g/mol. The van der Waals surface area contributed by atoms with Gasteiger partial charge in [-0.1, -0.05) is 23.2 Å². The van der Waals surface area contributed by atoms with Crippen LogP contribution < -0.4 is 15.9 Å². The highest BCUT2D eigenvalue weighted by Gasteiger charge is 2.53. The van der Waals surface area contributed by atoms with Crippen molar-refractivity contribution in [3.05, 3.63) is 66.9 Å². The van der Waals surface area contributed by atoms with Gasteiger partial charge in [0.2, 0.25) is 0 Å². The second-order valence-electron chi connectivity index (χ2n) is 9.14. The fraction of sp³-hybridized carbons (Fsp3) is 0.435. The third-order valence-corrected chi connectivity index (χ3v) is 7.47. The summed E-state index contributed by atoms with van der Waals surface area (Å²) < 4.78 is 32.7. The van der Waals surface area contributed by atoms with E-state index in [2.05, 4.69) is 15.1 Å². The molecule has 2 aliphatic rings. The number of halogens is 4. The molecule has 0 atom stereocenters. The fourth-order valence-corrected chi connectivity index (χ4v) is 5.57. The van der Waals surface area contributed by atoms with E-state index in [0.29, 0.717) is 22.1 Å². The van der Waals surface area contributed by atoms with Crippen LogP contribution in [0.2, 0.25) is 10.0 Å². The Morgan fingerprint density at radius 2 is 1.97 bits per heavy atom. The molecule has 2 aromatic heterocycles. The first kappa shape index (κ1) is 23.3. The first-order valence-corrected chi connectivity index (χ1v) is 11.7. The molecular formula is C23H22Cl2F2N4O3. The van der Waals surface area contributed by atoms with Crippen molar-refractivity contribution in [1.29, 1.82) is 0 Å². The quantitative estimate of drug-likeness (QED) is 0.513. The number of fused-ring (bicyclic) bond motifs is 1. The molecule has 0 radical (unpaired) electrons. The molecule has 0 amide bonds.